The summed E-state index contributed by atoms with van der Waals surface area (Å²) in [6.45, 7) is 6.49. The van der Waals surface area contributed by atoms with Crippen molar-refractivity contribution in [2.75, 3.05) is 18.1 Å². The Morgan fingerprint density at radius 1 is 1.59 bits per heavy atom. The number of nitrogens with two attached hydrogens (primary N) is 1. The average molecular weight is 235 g/mol. The molecule has 4 heteroatoms. The average Bonchev–Trinajstić information content (AvgIpc) is 2.38. The van der Waals surface area contributed by atoms with Gasteiger partial charge in [-0.3, -0.25) is 4.98 Å². The molecule has 4 nitrogen and oxygen atoms in total. The van der Waals surface area contributed by atoms with Crippen molar-refractivity contribution in [2.24, 2.45) is 5.73 Å². The van der Waals surface area contributed by atoms with Gasteiger partial charge in [-0.05, 0) is 25.5 Å². The molecule has 17 heavy (non-hydrogen) atoms. The van der Waals surface area contributed by atoms with E-state index in [-0.39, 0.29) is 6.10 Å². The number of ether oxygens (including phenoxy) is 1. The maximum Gasteiger partial charge on any atom is 0.0772 e. The fourth-order valence-corrected chi connectivity index (χ4v) is 2.33. The molecule has 0 radical (unpaired) electrons. The molecule has 1 aliphatic heterocycles. The first-order chi connectivity index (χ1) is 8.26. The van der Waals surface area contributed by atoms with E-state index >= 15 is 0 Å². The van der Waals surface area contributed by atoms with Gasteiger partial charge >= 0.3 is 0 Å². The number of anilines is 1. The fourth-order valence-electron chi connectivity index (χ4n) is 2.33. The second kappa shape index (κ2) is 5.47. The SMILES string of the molecule is CCC1COC(C)CN1c1cccnc1CN. The maximum atomic E-state index is 5.76. The Balaban J connectivity index is 2.28. The third-order valence-corrected chi connectivity index (χ3v) is 3.31. The molecule has 94 valence electrons. The minimum atomic E-state index is 0.267. The van der Waals surface area contributed by atoms with Crippen molar-refractivity contribution in [3.05, 3.63) is 24.0 Å². The van der Waals surface area contributed by atoms with Gasteiger partial charge in [-0.1, -0.05) is 6.92 Å². The monoisotopic (exact) mass is 235 g/mol. The molecule has 0 aliphatic carbocycles. The Morgan fingerprint density at radius 2 is 2.41 bits per heavy atom. The molecule has 2 N–H and O–H groups in total. The quantitative estimate of drug-likeness (QED) is 0.863. The molecular formula is C13H21N3O. The highest BCUT2D eigenvalue weighted by Crippen LogP contribution is 2.25. The van der Waals surface area contributed by atoms with Gasteiger partial charge in [0.1, 0.15) is 0 Å². The number of nitrogens with zero attached hydrogens (tertiary/aromatic N) is 2. The fraction of sp³-hybridized carbons (Fsp3) is 0.615. The van der Waals surface area contributed by atoms with E-state index in [0.717, 1.165) is 31.0 Å². The Hall–Kier alpha value is -1.13. The Bertz CT molecular complexity index is 369. The van der Waals surface area contributed by atoms with Crippen molar-refractivity contribution in [1.82, 2.24) is 4.98 Å². The third-order valence-electron chi connectivity index (χ3n) is 3.31. The van der Waals surface area contributed by atoms with Gasteiger partial charge in [-0.15, -0.1) is 0 Å². The van der Waals surface area contributed by atoms with Crippen molar-refractivity contribution >= 4 is 5.69 Å². The van der Waals surface area contributed by atoms with E-state index in [0.29, 0.717) is 12.6 Å². The van der Waals surface area contributed by atoms with Crippen LogP contribution in [0.15, 0.2) is 18.3 Å². The van der Waals surface area contributed by atoms with Crippen LogP contribution in [-0.4, -0.2) is 30.3 Å². The number of pyridine rings is 1. The van der Waals surface area contributed by atoms with Crippen LogP contribution in [0.5, 0.6) is 0 Å². The van der Waals surface area contributed by atoms with Crippen LogP contribution in [0.2, 0.25) is 0 Å². The van der Waals surface area contributed by atoms with Gasteiger partial charge in [-0.2, -0.15) is 0 Å². The molecule has 0 bridgehead atoms. The zero-order valence-corrected chi connectivity index (χ0v) is 10.6. The van der Waals surface area contributed by atoms with Crippen LogP contribution in [0.1, 0.15) is 26.0 Å². The lowest BCUT2D eigenvalue weighted by Crippen LogP contribution is -2.49. The van der Waals surface area contributed by atoms with Gasteiger partial charge in [0.15, 0.2) is 0 Å². The number of hydrogen-bond donors (Lipinski definition) is 1. The number of morpholine rings is 1. The molecule has 2 heterocycles. The largest absolute Gasteiger partial charge is 0.375 e. The van der Waals surface area contributed by atoms with Crippen molar-refractivity contribution in [1.29, 1.82) is 0 Å². The minimum Gasteiger partial charge on any atom is -0.375 e. The highest BCUT2D eigenvalue weighted by molar-refractivity contribution is 5.51. The van der Waals surface area contributed by atoms with Crippen LogP contribution >= 0.6 is 0 Å². The van der Waals surface area contributed by atoms with E-state index in [9.17, 15) is 0 Å². The van der Waals surface area contributed by atoms with E-state index < -0.39 is 0 Å². The normalized spacial score (nSPS) is 25.0. The lowest BCUT2D eigenvalue weighted by Gasteiger charge is -2.40. The van der Waals surface area contributed by atoms with Crippen LogP contribution in [0.3, 0.4) is 0 Å². The summed E-state index contributed by atoms with van der Waals surface area (Å²) in [6.07, 6.45) is 3.14. The first-order valence-corrected chi connectivity index (χ1v) is 6.28. The van der Waals surface area contributed by atoms with Crippen molar-refractivity contribution in [2.45, 2.75) is 39.0 Å². The summed E-state index contributed by atoms with van der Waals surface area (Å²) < 4.78 is 5.71. The van der Waals surface area contributed by atoms with Gasteiger partial charge in [0.05, 0.1) is 30.1 Å². The van der Waals surface area contributed by atoms with E-state index in [2.05, 4.69) is 29.8 Å². The van der Waals surface area contributed by atoms with Gasteiger partial charge in [0.2, 0.25) is 0 Å². The summed E-state index contributed by atoms with van der Waals surface area (Å²) in [5, 5.41) is 0. The van der Waals surface area contributed by atoms with Gasteiger partial charge in [0, 0.05) is 19.3 Å². The zero-order chi connectivity index (χ0) is 12.3. The predicted molar refractivity (Wildman–Crippen MR) is 69.0 cm³/mol. The van der Waals surface area contributed by atoms with Crippen LogP contribution < -0.4 is 10.6 Å². The molecule has 0 saturated carbocycles. The number of hydrogen-bond acceptors (Lipinski definition) is 4. The molecular weight excluding hydrogens is 214 g/mol. The summed E-state index contributed by atoms with van der Waals surface area (Å²) in [4.78, 5) is 6.75. The number of rotatable bonds is 3. The second-order valence-electron chi connectivity index (χ2n) is 4.53. The molecule has 1 fully saturated rings. The smallest absolute Gasteiger partial charge is 0.0772 e. The summed E-state index contributed by atoms with van der Waals surface area (Å²) >= 11 is 0. The molecule has 1 saturated heterocycles. The molecule has 2 atom stereocenters. The van der Waals surface area contributed by atoms with Crippen LogP contribution in [0.25, 0.3) is 0 Å². The Morgan fingerprint density at radius 3 is 3.12 bits per heavy atom. The molecule has 1 aliphatic rings. The molecule has 2 unspecified atom stereocenters. The molecule has 0 aromatic carbocycles. The highest BCUT2D eigenvalue weighted by atomic mass is 16.5. The lowest BCUT2D eigenvalue weighted by molar-refractivity contribution is 0.0298. The first kappa shape index (κ1) is 12.3. The topological polar surface area (TPSA) is 51.4 Å². The van der Waals surface area contributed by atoms with E-state index in [4.69, 9.17) is 10.5 Å². The van der Waals surface area contributed by atoms with Gasteiger partial charge in [-0.25, -0.2) is 0 Å². The standard InChI is InChI=1S/C13H21N3O/c1-3-11-9-17-10(2)8-16(11)13-5-4-6-15-12(13)7-14/h4-6,10-11H,3,7-9,14H2,1-2H3. The highest BCUT2D eigenvalue weighted by Gasteiger charge is 2.27. The summed E-state index contributed by atoms with van der Waals surface area (Å²) in [6, 6.07) is 4.51. The Labute approximate surface area is 103 Å². The summed E-state index contributed by atoms with van der Waals surface area (Å²) in [7, 11) is 0. The molecule has 2 rings (SSSR count). The number of aromatic nitrogens is 1. The first-order valence-electron chi connectivity index (χ1n) is 6.28. The van der Waals surface area contributed by atoms with Crippen LogP contribution in [0.4, 0.5) is 5.69 Å². The van der Waals surface area contributed by atoms with Crippen LogP contribution in [0, 0.1) is 0 Å². The van der Waals surface area contributed by atoms with Gasteiger partial charge < -0.3 is 15.4 Å². The minimum absolute atomic E-state index is 0.267. The van der Waals surface area contributed by atoms with E-state index in [1.807, 2.05) is 6.07 Å². The molecule has 1 aromatic heterocycles. The molecule has 1 aromatic rings. The van der Waals surface area contributed by atoms with Crippen LogP contribution in [-0.2, 0) is 11.3 Å². The molecule has 0 spiro atoms. The third kappa shape index (κ3) is 2.58. The van der Waals surface area contributed by atoms with Crippen molar-refractivity contribution in [3.8, 4) is 0 Å². The molecule has 0 amide bonds. The summed E-state index contributed by atoms with van der Waals surface area (Å²) in [5.41, 5.74) is 7.89. The lowest BCUT2D eigenvalue weighted by atomic mass is 10.1. The maximum absolute atomic E-state index is 5.76. The van der Waals surface area contributed by atoms with E-state index in [1.54, 1.807) is 6.20 Å². The van der Waals surface area contributed by atoms with Gasteiger partial charge in [0.25, 0.3) is 0 Å². The van der Waals surface area contributed by atoms with E-state index in [1.165, 1.54) is 0 Å². The Kier molecular flexibility index (Phi) is 3.97. The predicted octanol–water partition coefficient (Wildman–Crippen LogP) is 1.54. The van der Waals surface area contributed by atoms with Crippen molar-refractivity contribution < 1.29 is 4.74 Å². The second-order valence-corrected chi connectivity index (χ2v) is 4.53. The van der Waals surface area contributed by atoms with Crippen molar-refractivity contribution in [3.63, 3.8) is 0 Å². The zero-order valence-electron chi connectivity index (χ0n) is 10.6. The summed E-state index contributed by atoms with van der Waals surface area (Å²) in [5.74, 6) is 0.